The minimum Gasteiger partial charge on any atom is -0.481 e. The van der Waals surface area contributed by atoms with Gasteiger partial charge in [0, 0.05) is 12.1 Å². The van der Waals surface area contributed by atoms with Crippen molar-refractivity contribution in [3.63, 3.8) is 0 Å². The fourth-order valence-corrected chi connectivity index (χ4v) is 1.47. The van der Waals surface area contributed by atoms with Gasteiger partial charge in [-0.25, -0.2) is 4.98 Å². The number of carboxylic acid groups (broad SMARTS) is 2. The number of pyridine rings is 1. The van der Waals surface area contributed by atoms with Crippen LogP contribution in [0.4, 0.5) is 0 Å². The van der Waals surface area contributed by atoms with E-state index >= 15 is 0 Å². The SMILES string of the molecule is O=C(O)CC(CC(=O)O)c1ccc(Cl)nc1. The average molecular weight is 244 g/mol. The summed E-state index contributed by atoms with van der Waals surface area (Å²) >= 11 is 5.58. The van der Waals surface area contributed by atoms with E-state index < -0.39 is 17.9 Å². The van der Waals surface area contributed by atoms with Gasteiger partial charge in [-0.05, 0) is 11.6 Å². The molecule has 16 heavy (non-hydrogen) atoms. The average Bonchev–Trinajstić information content (AvgIpc) is 2.16. The van der Waals surface area contributed by atoms with Gasteiger partial charge in [-0.15, -0.1) is 0 Å². The number of carboxylic acids is 2. The van der Waals surface area contributed by atoms with E-state index in [9.17, 15) is 9.59 Å². The van der Waals surface area contributed by atoms with Gasteiger partial charge in [0.15, 0.2) is 0 Å². The molecule has 0 aliphatic heterocycles. The Bertz CT molecular complexity index is 374. The Morgan fingerprint density at radius 2 is 1.81 bits per heavy atom. The predicted octanol–water partition coefficient (Wildman–Crippen LogP) is 1.77. The van der Waals surface area contributed by atoms with Gasteiger partial charge in [0.2, 0.25) is 0 Å². The van der Waals surface area contributed by atoms with Crippen molar-refractivity contribution in [3.8, 4) is 0 Å². The second-order valence-corrected chi connectivity index (χ2v) is 3.69. The zero-order valence-corrected chi connectivity index (χ0v) is 9.02. The molecule has 0 aliphatic carbocycles. The van der Waals surface area contributed by atoms with Gasteiger partial charge in [-0.3, -0.25) is 9.59 Å². The van der Waals surface area contributed by atoms with E-state index in [2.05, 4.69) is 4.98 Å². The lowest BCUT2D eigenvalue weighted by atomic mass is 9.94. The molecule has 0 saturated carbocycles. The molecule has 0 atom stereocenters. The molecular weight excluding hydrogens is 234 g/mol. The molecule has 0 fully saturated rings. The van der Waals surface area contributed by atoms with Crippen LogP contribution >= 0.6 is 11.6 Å². The normalized spacial score (nSPS) is 10.4. The van der Waals surface area contributed by atoms with Crippen LogP contribution in [0.3, 0.4) is 0 Å². The predicted molar refractivity (Wildman–Crippen MR) is 56.5 cm³/mol. The van der Waals surface area contributed by atoms with Crippen LogP contribution in [-0.4, -0.2) is 27.1 Å². The molecule has 2 N–H and O–H groups in total. The van der Waals surface area contributed by atoms with Gasteiger partial charge < -0.3 is 10.2 Å². The summed E-state index contributed by atoms with van der Waals surface area (Å²) in [4.78, 5) is 25.0. The van der Waals surface area contributed by atoms with E-state index in [1.807, 2.05) is 0 Å². The van der Waals surface area contributed by atoms with E-state index in [0.29, 0.717) is 5.56 Å². The van der Waals surface area contributed by atoms with Crippen LogP contribution in [0.5, 0.6) is 0 Å². The smallest absolute Gasteiger partial charge is 0.303 e. The van der Waals surface area contributed by atoms with Crippen LogP contribution in [0.15, 0.2) is 18.3 Å². The zero-order chi connectivity index (χ0) is 12.1. The lowest BCUT2D eigenvalue weighted by Crippen LogP contribution is -2.11. The third-order valence-electron chi connectivity index (χ3n) is 2.06. The first-order valence-corrected chi connectivity index (χ1v) is 4.92. The molecule has 6 heteroatoms. The van der Waals surface area contributed by atoms with Crippen molar-refractivity contribution in [2.75, 3.05) is 0 Å². The van der Waals surface area contributed by atoms with E-state index in [-0.39, 0.29) is 18.0 Å². The highest BCUT2D eigenvalue weighted by Gasteiger charge is 2.19. The molecule has 1 heterocycles. The number of halogens is 1. The molecule has 0 spiro atoms. The highest BCUT2D eigenvalue weighted by Crippen LogP contribution is 2.23. The van der Waals surface area contributed by atoms with Crippen molar-refractivity contribution >= 4 is 23.5 Å². The maximum Gasteiger partial charge on any atom is 0.303 e. The van der Waals surface area contributed by atoms with Crippen molar-refractivity contribution in [1.82, 2.24) is 4.98 Å². The Labute approximate surface area is 96.7 Å². The van der Waals surface area contributed by atoms with Crippen LogP contribution < -0.4 is 0 Å². The topological polar surface area (TPSA) is 87.5 Å². The monoisotopic (exact) mass is 243 g/mol. The van der Waals surface area contributed by atoms with Crippen LogP contribution in [0, 0.1) is 0 Å². The summed E-state index contributed by atoms with van der Waals surface area (Å²) in [6, 6.07) is 3.10. The number of carbonyl (C=O) groups is 2. The van der Waals surface area contributed by atoms with E-state index in [1.165, 1.54) is 12.3 Å². The largest absolute Gasteiger partial charge is 0.481 e. The third kappa shape index (κ3) is 3.86. The van der Waals surface area contributed by atoms with Crippen molar-refractivity contribution in [2.45, 2.75) is 18.8 Å². The quantitative estimate of drug-likeness (QED) is 0.770. The third-order valence-corrected chi connectivity index (χ3v) is 2.29. The molecule has 5 nitrogen and oxygen atoms in total. The summed E-state index contributed by atoms with van der Waals surface area (Å²) in [6.07, 6.45) is 0.921. The number of aromatic nitrogens is 1. The Morgan fingerprint density at radius 3 is 2.19 bits per heavy atom. The van der Waals surface area contributed by atoms with Crippen LogP contribution in [0.25, 0.3) is 0 Å². The molecule has 1 rings (SSSR count). The molecule has 0 bridgehead atoms. The van der Waals surface area contributed by atoms with Crippen molar-refractivity contribution in [2.24, 2.45) is 0 Å². The molecule has 0 radical (unpaired) electrons. The van der Waals surface area contributed by atoms with Gasteiger partial charge in [0.1, 0.15) is 5.15 Å². The zero-order valence-electron chi connectivity index (χ0n) is 8.26. The molecule has 0 aliphatic rings. The second-order valence-electron chi connectivity index (χ2n) is 3.31. The number of hydrogen-bond acceptors (Lipinski definition) is 3. The Kier molecular flexibility index (Phi) is 4.25. The van der Waals surface area contributed by atoms with Gasteiger partial charge in [-0.2, -0.15) is 0 Å². The molecule has 1 aromatic rings. The molecular formula is C10H10ClNO4. The number of aliphatic carboxylic acids is 2. The van der Waals surface area contributed by atoms with E-state index in [4.69, 9.17) is 21.8 Å². The van der Waals surface area contributed by atoms with Crippen LogP contribution in [0.2, 0.25) is 5.15 Å². The van der Waals surface area contributed by atoms with E-state index in [1.54, 1.807) is 6.07 Å². The molecule has 0 amide bonds. The lowest BCUT2D eigenvalue weighted by Gasteiger charge is -2.12. The second kappa shape index (κ2) is 5.46. The Balaban J connectivity index is 2.86. The summed E-state index contributed by atoms with van der Waals surface area (Å²) in [5, 5.41) is 17.6. The lowest BCUT2D eigenvalue weighted by molar-refractivity contribution is -0.139. The number of nitrogens with zero attached hydrogens (tertiary/aromatic N) is 1. The number of rotatable bonds is 5. The summed E-state index contributed by atoms with van der Waals surface area (Å²) < 4.78 is 0. The molecule has 86 valence electrons. The Morgan fingerprint density at radius 1 is 1.25 bits per heavy atom. The molecule has 0 unspecified atom stereocenters. The molecule has 0 saturated heterocycles. The summed E-state index contributed by atoms with van der Waals surface area (Å²) in [5.41, 5.74) is 0.564. The fraction of sp³-hybridized carbons (Fsp3) is 0.300. The minimum absolute atomic E-state index is 0.240. The summed E-state index contributed by atoms with van der Waals surface area (Å²) in [5.74, 6) is -2.66. The van der Waals surface area contributed by atoms with Crippen molar-refractivity contribution < 1.29 is 19.8 Å². The van der Waals surface area contributed by atoms with Gasteiger partial charge in [0.05, 0.1) is 12.8 Å². The maximum atomic E-state index is 10.6. The van der Waals surface area contributed by atoms with E-state index in [0.717, 1.165) is 0 Å². The highest BCUT2D eigenvalue weighted by atomic mass is 35.5. The van der Waals surface area contributed by atoms with Crippen molar-refractivity contribution in [1.29, 1.82) is 0 Å². The Hall–Kier alpha value is -1.62. The fourth-order valence-electron chi connectivity index (χ4n) is 1.36. The first-order chi connectivity index (χ1) is 7.49. The number of hydrogen-bond donors (Lipinski definition) is 2. The summed E-state index contributed by atoms with van der Waals surface area (Å²) in [6.45, 7) is 0. The standard InChI is InChI=1S/C10H10ClNO4/c11-8-2-1-6(5-12-8)7(3-9(13)14)4-10(15)16/h1-2,5,7H,3-4H2,(H,13,14)(H,15,16). The first-order valence-electron chi connectivity index (χ1n) is 4.54. The van der Waals surface area contributed by atoms with Gasteiger partial charge in [-0.1, -0.05) is 17.7 Å². The van der Waals surface area contributed by atoms with Crippen molar-refractivity contribution in [3.05, 3.63) is 29.0 Å². The van der Waals surface area contributed by atoms with Gasteiger partial charge >= 0.3 is 11.9 Å². The first kappa shape index (κ1) is 12.4. The minimum atomic E-state index is -1.04. The van der Waals surface area contributed by atoms with Crippen LogP contribution in [-0.2, 0) is 9.59 Å². The molecule has 1 aromatic heterocycles. The molecule has 0 aromatic carbocycles. The van der Waals surface area contributed by atoms with Crippen LogP contribution in [0.1, 0.15) is 24.3 Å². The van der Waals surface area contributed by atoms with Gasteiger partial charge in [0.25, 0.3) is 0 Å². The highest BCUT2D eigenvalue weighted by molar-refractivity contribution is 6.29. The summed E-state index contributed by atoms with van der Waals surface area (Å²) in [7, 11) is 0. The maximum absolute atomic E-state index is 10.6.